The number of aromatic nitrogens is 1. The van der Waals surface area contributed by atoms with Crippen LogP contribution < -0.4 is 15.2 Å². The number of hydrogen-bond acceptors (Lipinski definition) is 6. The Bertz CT molecular complexity index is 1180. The van der Waals surface area contributed by atoms with Crippen LogP contribution in [0.3, 0.4) is 0 Å². The Kier molecular flexibility index (Phi) is 6.92. The fraction of sp³-hybridized carbons (Fsp3) is 0.320. The number of para-hydroxylation sites is 1. The molecule has 0 N–H and O–H groups in total. The van der Waals surface area contributed by atoms with Gasteiger partial charge in [0.15, 0.2) is 6.61 Å². The van der Waals surface area contributed by atoms with Crippen molar-refractivity contribution in [1.82, 2.24) is 9.47 Å². The van der Waals surface area contributed by atoms with Crippen LogP contribution in [-0.2, 0) is 20.9 Å². The Morgan fingerprint density at radius 2 is 1.67 bits per heavy atom. The van der Waals surface area contributed by atoms with Gasteiger partial charge >= 0.3 is 5.97 Å². The second kappa shape index (κ2) is 10.2. The molecule has 4 rings (SSSR count). The molecule has 0 saturated carbocycles. The molecule has 2 heterocycles. The van der Waals surface area contributed by atoms with Gasteiger partial charge in [-0.3, -0.25) is 9.59 Å². The molecule has 0 aliphatic carbocycles. The highest BCUT2D eigenvalue weighted by atomic mass is 16.6. The fourth-order valence-electron chi connectivity index (χ4n) is 3.98. The topological polar surface area (TPSA) is 81.1 Å². The molecule has 0 radical (unpaired) electrons. The highest BCUT2D eigenvalue weighted by Crippen LogP contribution is 2.23. The first-order chi connectivity index (χ1) is 16.1. The maximum absolute atomic E-state index is 13.0. The van der Waals surface area contributed by atoms with Crippen molar-refractivity contribution in [3.05, 3.63) is 71.1 Å². The number of amides is 1. The minimum atomic E-state index is -0.471. The molecule has 1 fully saturated rings. The largest absolute Gasteiger partial charge is 0.481 e. The normalized spacial score (nSPS) is 13.7. The Hall–Kier alpha value is -3.81. The van der Waals surface area contributed by atoms with Crippen molar-refractivity contribution in [3.8, 4) is 5.75 Å². The minimum Gasteiger partial charge on any atom is -0.481 e. The van der Waals surface area contributed by atoms with Crippen molar-refractivity contribution in [3.63, 3.8) is 0 Å². The van der Waals surface area contributed by atoms with E-state index in [1.54, 1.807) is 42.3 Å². The van der Waals surface area contributed by atoms with E-state index in [0.717, 1.165) is 18.8 Å². The second-order valence-corrected chi connectivity index (χ2v) is 7.76. The smallest absolute Gasteiger partial charge is 0.344 e. The van der Waals surface area contributed by atoms with Crippen LogP contribution in [0.25, 0.3) is 10.8 Å². The van der Waals surface area contributed by atoms with Crippen molar-refractivity contribution >= 4 is 28.3 Å². The lowest BCUT2D eigenvalue weighted by Gasteiger charge is -2.36. The SMILES string of the molecule is CCOC(=O)COc1cccc2c(=O)n(CC(=O)N3CCN(c4ccccc4)CC3)ccc12. The Labute approximate surface area is 191 Å². The number of carbonyl (C=O) groups is 2. The van der Waals surface area contributed by atoms with Gasteiger partial charge < -0.3 is 23.8 Å². The number of benzene rings is 2. The van der Waals surface area contributed by atoms with E-state index < -0.39 is 5.97 Å². The van der Waals surface area contributed by atoms with E-state index in [4.69, 9.17) is 9.47 Å². The zero-order valence-corrected chi connectivity index (χ0v) is 18.6. The van der Waals surface area contributed by atoms with Gasteiger partial charge in [-0.2, -0.15) is 0 Å². The summed E-state index contributed by atoms with van der Waals surface area (Å²) in [6.07, 6.45) is 1.60. The molecule has 33 heavy (non-hydrogen) atoms. The maximum Gasteiger partial charge on any atom is 0.344 e. The van der Waals surface area contributed by atoms with E-state index >= 15 is 0 Å². The molecule has 0 spiro atoms. The van der Waals surface area contributed by atoms with E-state index in [9.17, 15) is 14.4 Å². The van der Waals surface area contributed by atoms with E-state index in [-0.39, 0.29) is 31.2 Å². The molecule has 1 aliphatic rings. The zero-order valence-electron chi connectivity index (χ0n) is 18.6. The summed E-state index contributed by atoms with van der Waals surface area (Å²) in [6, 6.07) is 16.9. The average molecular weight is 450 g/mol. The van der Waals surface area contributed by atoms with Crippen molar-refractivity contribution in [1.29, 1.82) is 0 Å². The average Bonchev–Trinajstić information content (AvgIpc) is 2.85. The molecule has 8 heteroatoms. The van der Waals surface area contributed by atoms with Gasteiger partial charge in [0, 0.05) is 43.4 Å². The number of ether oxygens (including phenoxy) is 2. The Morgan fingerprint density at radius 1 is 0.909 bits per heavy atom. The molecule has 172 valence electrons. The van der Waals surface area contributed by atoms with Gasteiger partial charge in [-0.25, -0.2) is 4.79 Å². The van der Waals surface area contributed by atoms with E-state index in [1.165, 1.54) is 4.57 Å². The predicted octanol–water partition coefficient (Wildman–Crippen LogP) is 2.29. The first-order valence-electron chi connectivity index (χ1n) is 11.0. The molecule has 3 aromatic rings. The standard InChI is InChI=1S/C25H27N3O5/c1-2-32-24(30)18-33-22-10-6-9-21-20(22)11-12-28(25(21)31)17-23(29)27-15-13-26(14-16-27)19-7-4-3-5-8-19/h3-12H,2,13-18H2,1H3. The molecular formula is C25H27N3O5. The fourth-order valence-corrected chi connectivity index (χ4v) is 3.98. The van der Waals surface area contributed by atoms with Crippen LogP contribution in [0.1, 0.15) is 6.92 Å². The Morgan fingerprint density at radius 3 is 2.39 bits per heavy atom. The third-order valence-corrected chi connectivity index (χ3v) is 5.69. The van der Waals surface area contributed by atoms with Crippen LogP contribution in [0.4, 0.5) is 5.69 Å². The first kappa shape index (κ1) is 22.4. The number of fused-ring (bicyclic) bond motifs is 1. The number of rotatable bonds is 7. The molecule has 0 bridgehead atoms. The Balaban J connectivity index is 1.42. The molecular weight excluding hydrogens is 422 g/mol. The van der Waals surface area contributed by atoms with Crippen LogP contribution in [0.2, 0.25) is 0 Å². The lowest BCUT2D eigenvalue weighted by Crippen LogP contribution is -2.50. The van der Waals surface area contributed by atoms with Gasteiger partial charge in [0.05, 0.1) is 12.0 Å². The van der Waals surface area contributed by atoms with Crippen LogP contribution >= 0.6 is 0 Å². The molecule has 2 aromatic carbocycles. The highest BCUT2D eigenvalue weighted by molar-refractivity contribution is 5.88. The van der Waals surface area contributed by atoms with Crippen molar-refractivity contribution in [2.75, 3.05) is 44.3 Å². The number of nitrogens with zero attached hydrogens (tertiary/aromatic N) is 3. The van der Waals surface area contributed by atoms with E-state index in [1.807, 2.05) is 18.2 Å². The highest BCUT2D eigenvalue weighted by Gasteiger charge is 2.22. The summed E-state index contributed by atoms with van der Waals surface area (Å²) in [4.78, 5) is 41.5. The molecule has 1 aromatic heterocycles. The van der Waals surface area contributed by atoms with Crippen molar-refractivity contribution < 1.29 is 19.1 Å². The summed E-state index contributed by atoms with van der Waals surface area (Å²) < 4.78 is 11.8. The van der Waals surface area contributed by atoms with Gasteiger partial charge in [0.2, 0.25) is 5.91 Å². The summed E-state index contributed by atoms with van der Waals surface area (Å²) in [5.74, 6) is -0.132. The zero-order chi connectivity index (χ0) is 23.2. The predicted molar refractivity (Wildman–Crippen MR) is 126 cm³/mol. The number of anilines is 1. The van der Waals surface area contributed by atoms with Crippen LogP contribution in [-0.4, -0.2) is 60.7 Å². The summed E-state index contributed by atoms with van der Waals surface area (Å²) in [5, 5.41) is 1.02. The van der Waals surface area contributed by atoms with Gasteiger partial charge in [0.25, 0.3) is 5.56 Å². The van der Waals surface area contributed by atoms with E-state index in [2.05, 4.69) is 17.0 Å². The molecule has 1 saturated heterocycles. The quantitative estimate of drug-likeness (QED) is 0.515. The van der Waals surface area contributed by atoms with Crippen LogP contribution in [0.5, 0.6) is 5.75 Å². The summed E-state index contributed by atoms with van der Waals surface area (Å²) in [5.41, 5.74) is 0.877. The molecule has 0 atom stereocenters. The van der Waals surface area contributed by atoms with Crippen LogP contribution in [0.15, 0.2) is 65.6 Å². The summed E-state index contributed by atoms with van der Waals surface area (Å²) in [6.45, 7) is 4.48. The molecule has 0 unspecified atom stereocenters. The number of pyridine rings is 1. The van der Waals surface area contributed by atoms with Crippen LogP contribution in [0, 0.1) is 0 Å². The van der Waals surface area contributed by atoms with Gasteiger partial charge in [-0.15, -0.1) is 0 Å². The third kappa shape index (κ3) is 5.16. The lowest BCUT2D eigenvalue weighted by atomic mass is 10.1. The first-order valence-corrected chi connectivity index (χ1v) is 11.0. The second-order valence-electron chi connectivity index (χ2n) is 7.76. The van der Waals surface area contributed by atoms with Gasteiger partial charge in [0.1, 0.15) is 12.3 Å². The number of esters is 1. The third-order valence-electron chi connectivity index (χ3n) is 5.69. The summed E-state index contributed by atoms with van der Waals surface area (Å²) in [7, 11) is 0. The van der Waals surface area contributed by atoms with Gasteiger partial charge in [-0.1, -0.05) is 24.3 Å². The number of hydrogen-bond donors (Lipinski definition) is 0. The number of carbonyl (C=O) groups excluding carboxylic acids is 2. The number of piperazine rings is 1. The minimum absolute atomic E-state index is 0.0198. The molecule has 1 aliphatic heterocycles. The van der Waals surface area contributed by atoms with Gasteiger partial charge in [-0.05, 0) is 37.3 Å². The molecule has 8 nitrogen and oxygen atoms in total. The van der Waals surface area contributed by atoms with Crippen molar-refractivity contribution in [2.45, 2.75) is 13.5 Å². The lowest BCUT2D eigenvalue weighted by molar-refractivity contribution is -0.145. The molecule has 1 amide bonds. The summed E-state index contributed by atoms with van der Waals surface area (Å²) >= 11 is 0. The van der Waals surface area contributed by atoms with Crippen molar-refractivity contribution in [2.24, 2.45) is 0 Å². The van der Waals surface area contributed by atoms with E-state index in [0.29, 0.717) is 29.6 Å². The monoisotopic (exact) mass is 449 g/mol. The maximum atomic E-state index is 13.0.